The minimum Gasteiger partial charge on any atom is -0.326 e. The Labute approximate surface area is 109 Å². The minimum atomic E-state index is -0.0864. The number of H-pyrrole nitrogens is 1. The number of anilines is 1. The molecule has 0 aliphatic heterocycles. The quantitative estimate of drug-likeness (QED) is 0.735. The highest BCUT2D eigenvalue weighted by molar-refractivity contribution is 5.88. The Hall–Kier alpha value is -2.63. The predicted molar refractivity (Wildman–Crippen MR) is 71.8 cm³/mol. The Balaban J connectivity index is 1.92. The van der Waals surface area contributed by atoms with Crippen LogP contribution in [-0.2, 0) is 4.79 Å². The molecule has 0 unspecified atom stereocenters. The summed E-state index contributed by atoms with van der Waals surface area (Å²) < 4.78 is 1.65. The third-order valence-corrected chi connectivity index (χ3v) is 2.72. The van der Waals surface area contributed by atoms with E-state index in [9.17, 15) is 4.79 Å². The Morgan fingerprint density at radius 1 is 1.32 bits per heavy atom. The molecule has 1 aromatic carbocycles. The molecule has 0 aliphatic rings. The second-order valence-electron chi connectivity index (χ2n) is 4.40. The number of hydrogen-bond donors (Lipinski definition) is 2. The van der Waals surface area contributed by atoms with E-state index >= 15 is 0 Å². The molecule has 0 saturated heterocycles. The van der Waals surface area contributed by atoms with Gasteiger partial charge in [-0.25, -0.2) is 4.98 Å². The summed E-state index contributed by atoms with van der Waals surface area (Å²) in [5, 5.41) is 10.2. The molecular formula is C13H13N5O. The fraction of sp³-hybridized carbons (Fsp3) is 0.154. The molecule has 6 nitrogen and oxygen atoms in total. The molecule has 0 spiro atoms. The van der Waals surface area contributed by atoms with Gasteiger partial charge in [-0.15, -0.1) is 5.10 Å². The molecule has 3 aromatic rings. The Morgan fingerprint density at radius 2 is 2.05 bits per heavy atom. The van der Waals surface area contributed by atoms with Gasteiger partial charge in [-0.05, 0) is 31.2 Å². The second kappa shape index (κ2) is 4.24. The van der Waals surface area contributed by atoms with Crippen LogP contribution in [-0.4, -0.2) is 25.7 Å². The lowest BCUT2D eigenvalue weighted by atomic mass is 10.2. The average molecular weight is 255 g/mol. The van der Waals surface area contributed by atoms with Crippen molar-refractivity contribution in [2.45, 2.75) is 13.8 Å². The number of hydrogen-bond acceptors (Lipinski definition) is 3. The van der Waals surface area contributed by atoms with Gasteiger partial charge in [0.05, 0.1) is 0 Å². The average Bonchev–Trinajstić information content (AvgIpc) is 2.86. The van der Waals surface area contributed by atoms with Gasteiger partial charge in [-0.3, -0.25) is 9.89 Å². The molecule has 3 rings (SSSR count). The third kappa shape index (κ3) is 2.20. The molecule has 2 aromatic heterocycles. The van der Waals surface area contributed by atoms with E-state index in [1.165, 1.54) is 6.92 Å². The number of rotatable bonds is 2. The van der Waals surface area contributed by atoms with Crippen molar-refractivity contribution in [1.29, 1.82) is 0 Å². The fourth-order valence-corrected chi connectivity index (χ4v) is 1.92. The van der Waals surface area contributed by atoms with Crippen LogP contribution in [0.15, 0.2) is 30.3 Å². The van der Waals surface area contributed by atoms with Gasteiger partial charge in [-0.2, -0.15) is 4.63 Å². The molecular weight excluding hydrogens is 242 g/mol. The molecule has 0 atom stereocenters. The SMILES string of the molecule is CC(=O)Nc1ccc(-c2nc3cc(C)[nH]n3n2)cc1. The van der Waals surface area contributed by atoms with Crippen LogP contribution >= 0.6 is 0 Å². The van der Waals surface area contributed by atoms with Crippen molar-refractivity contribution in [2.24, 2.45) is 0 Å². The van der Waals surface area contributed by atoms with Crippen molar-refractivity contribution < 1.29 is 4.79 Å². The van der Waals surface area contributed by atoms with Gasteiger partial charge in [0.15, 0.2) is 11.5 Å². The van der Waals surface area contributed by atoms with Crippen LogP contribution in [0.4, 0.5) is 5.69 Å². The summed E-state index contributed by atoms with van der Waals surface area (Å²) in [5.41, 5.74) is 3.47. The Bertz CT molecular complexity index is 707. The van der Waals surface area contributed by atoms with E-state index in [1.807, 2.05) is 37.3 Å². The van der Waals surface area contributed by atoms with Gasteiger partial charge >= 0.3 is 0 Å². The molecule has 6 heteroatoms. The molecule has 0 saturated carbocycles. The van der Waals surface area contributed by atoms with Gasteiger partial charge in [0.2, 0.25) is 5.91 Å². The van der Waals surface area contributed by atoms with Crippen LogP contribution in [0.5, 0.6) is 0 Å². The number of aromatic amines is 1. The van der Waals surface area contributed by atoms with Crippen LogP contribution < -0.4 is 5.32 Å². The van der Waals surface area contributed by atoms with Gasteiger partial charge in [0, 0.05) is 29.9 Å². The highest BCUT2D eigenvalue weighted by Gasteiger charge is 2.08. The summed E-state index contributed by atoms with van der Waals surface area (Å²) in [6, 6.07) is 9.36. The topological polar surface area (TPSA) is 75.1 Å². The fourth-order valence-electron chi connectivity index (χ4n) is 1.92. The van der Waals surface area contributed by atoms with Crippen LogP contribution in [0.1, 0.15) is 12.6 Å². The summed E-state index contributed by atoms with van der Waals surface area (Å²) in [5.74, 6) is 0.567. The van der Waals surface area contributed by atoms with E-state index in [1.54, 1.807) is 4.63 Å². The molecule has 96 valence electrons. The van der Waals surface area contributed by atoms with Crippen molar-refractivity contribution in [1.82, 2.24) is 19.8 Å². The molecule has 19 heavy (non-hydrogen) atoms. The van der Waals surface area contributed by atoms with E-state index in [0.717, 1.165) is 22.6 Å². The van der Waals surface area contributed by atoms with Gasteiger partial charge < -0.3 is 5.32 Å². The van der Waals surface area contributed by atoms with Crippen LogP contribution in [0.25, 0.3) is 17.0 Å². The zero-order chi connectivity index (χ0) is 13.4. The number of nitrogens with zero attached hydrogens (tertiary/aromatic N) is 3. The van der Waals surface area contributed by atoms with E-state index in [4.69, 9.17) is 0 Å². The molecule has 1 amide bonds. The van der Waals surface area contributed by atoms with Gasteiger partial charge in [0.25, 0.3) is 0 Å². The number of carbonyl (C=O) groups excluding carboxylic acids is 1. The van der Waals surface area contributed by atoms with Crippen molar-refractivity contribution in [2.75, 3.05) is 5.32 Å². The molecule has 0 radical (unpaired) electrons. The van der Waals surface area contributed by atoms with E-state index in [0.29, 0.717) is 5.82 Å². The molecule has 0 aliphatic carbocycles. The molecule has 0 bridgehead atoms. The zero-order valence-corrected chi connectivity index (χ0v) is 10.6. The first kappa shape index (κ1) is 11.5. The summed E-state index contributed by atoms with van der Waals surface area (Å²) >= 11 is 0. The summed E-state index contributed by atoms with van der Waals surface area (Å²) in [4.78, 5) is 15.4. The lowest BCUT2D eigenvalue weighted by molar-refractivity contribution is -0.114. The lowest BCUT2D eigenvalue weighted by Gasteiger charge is -2.01. The lowest BCUT2D eigenvalue weighted by Crippen LogP contribution is -2.05. The molecule has 2 N–H and O–H groups in total. The first-order chi connectivity index (χ1) is 9.11. The third-order valence-electron chi connectivity index (χ3n) is 2.72. The minimum absolute atomic E-state index is 0.0864. The maximum atomic E-state index is 10.9. The van der Waals surface area contributed by atoms with E-state index in [-0.39, 0.29) is 5.91 Å². The van der Waals surface area contributed by atoms with Crippen molar-refractivity contribution in [3.8, 4) is 11.4 Å². The monoisotopic (exact) mass is 255 g/mol. The van der Waals surface area contributed by atoms with Gasteiger partial charge in [-0.1, -0.05) is 0 Å². The summed E-state index contributed by atoms with van der Waals surface area (Å²) in [7, 11) is 0. The van der Waals surface area contributed by atoms with Crippen LogP contribution in [0.2, 0.25) is 0 Å². The first-order valence-electron chi connectivity index (χ1n) is 5.92. The van der Waals surface area contributed by atoms with Crippen LogP contribution in [0, 0.1) is 6.92 Å². The largest absolute Gasteiger partial charge is 0.326 e. The van der Waals surface area contributed by atoms with Gasteiger partial charge in [0.1, 0.15) is 0 Å². The van der Waals surface area contributed by atoms with Crippen molar-refractivity contribution in [3.05, 3.63) is 36.0 Å². The molecule has 0 fully saturated rings. The second-order valence-corrected chi connectivity index (χ2v) is 4.40. The summed E-state index contributed by atoms with van der Waals surface area (Å²) in [6.45, 7) is 3.44. The maximum Gasteiger partial charge on any atom is 0.221 e. The zero-order valence-electron chi connectivity index (χ0n) is 10.6. The van der Waals surface area contributed by atoms with E-state index < -0.39 is 0 Å². The van der Waals surface area contributed by atoms with E-state index in [2.05, 4.69) is 20.5 Å². The number of nitrogens with one attached hydrogen (secondary N) is 2. The van der Waals surface area contributed by atoms with Crippen molar-refractivity contribution in [3.63, 3.8) is 0 Å². The number of aromatic nitrogens is 4. The highest BCUT2D eigenvalue weighted by Crippen LogP contribution is 2.19. The number of fused-ring (bicyclic) bond motifs is 1. The smallest absolute Gasteiger partial charge is 0.221 e. The highest BCUT2D eigenvalue weighted by atomic mass is 16.1. The predicted octanol–water partition coefficient (Wildman–Crippen LogP) is 1.99. The molecule has 2 heterocycles. The normalized spacial score (nSPS) is 10.8. The number of carbonyl (C=O) groups is 1. The van der Waals surface area contributed by atoms with Crippen molar-refractivity contribution >= 4 is 17.2 Å². The first-order valence-corrected chi connectivity index (χ1v) is 5.92. The number of benzene rings is 1. The number of aryl methyl sites for hydroxylation is 1. The number of amides is 1. The Morgan fingerprint density at radius 3 is 2.68 bits per heavy atom. The maximum absolute atomic E-state index is 10.9. The standard InChI is InChI=1S/C13H13N5O/c1-8-7-12-15-13(17-18(12)16-8)10-3-5-11(6-4-10)14-9(2)19/h3-7,16H,1-2H3,(H,14,19). The Kier molecular flexibility index (Phi) is 2.56. The van der Waals surface area contributed by atoms with Crippen LogP contribution in [0.3, 0.4) is 0 Å². The summed E-state index contributed by atoms with van der Waals surface area (Å²) in [6.07, 6.45) is 0.